The molecule has 2 N–H and O–H groups in total. The van der Waals surface area contributed by atoms with Crippen molar-refractivity contribution in [2.45, 2.75) is 32.9 Å². The number of rotatable bonds is 6. The summed E-state index contributed by atoms with van der Waals surface area (Å²) in [6, 6.07) is 0.426. The zero-order chi connectivity index (χ0) is 12.2. The Morgan fingerprint density at radius 2 is 2.12 bits per heavy atom. The van der Waals surface area contributed by atoms with Crippen LogP contribution in [-0.2, 0) is 6.54 Å². The Hall–Kier alpha value is -1.14. The molecule has 0 spiro atoms. The standard InChI is InChI=1S/C10H20N4O2/c1-5-11-6-8-12-13-9(16-8)14(4)7-10(2,3)15/h11,15H,5-7H2,1-4H3. The summed E-state index contributed by atoms with van der Waals surface area (Å²) in [5.74, 6) is 0.555. The number of likely N-dealkylation sites (N-methyl/N-ethyl adjacent to an activating group) is 1. The average Bonchev–Trinajstić information content (AvgIpc) is 2.60. The lowest BCUT2D eigenvalue weighted by Gasteiger charge is -2.23. The van der Waals surface area contributed by atoms with Crippen LogP contribution in [0.3, 0.4) is 0 Å². The summed E-state index contributed by atoms with van der Waals surface area (Å²) in [6.07, 6.45) is 0. The van der Waals surface area contributed by atoms with Crippen molar-refractivity contribution in [2.75, 3.05) is 25.0 Å². The maximum atomic E-state index is 9.65. The van der Waals surface area contributed by atoms with Crippen molar-refractivity contribution in [1.29, 1.82) is 0 Å². The Morgan fingerprint density at radius 3 is 2.69 bits per heavy atom. The van der Waals surface area contributed by atoms with E-state index in [-0.39, 0.29) is 0 Å². The molecule has 16 heavy (non-hydrogen) atoms. The molecule has 6 heteroatoms. The van der Waals surface area contributed by atoms with Gasteiger partial charge in [-0.15, -0.1) is 5.10 Å². The van der Waals surface area contributed by atoms with E-state index >= 15 is 0 Å². The summed E-state index contributed by atoms with van der Waals surface area (Å²) >= 11 is 0. The molecule has 1 heterocycles. The molecule has 0 unspecified atom stereocenters. The predicted molar refractivity (Wildman–Crippen MR) is 61.2 cm³/mol. The quantitative estimate of drug-likeness (QED) is 0.733. The van der Waals surface area contributed by atoms with Crippen LogP contribution >= 0.6 is 0 Å². The third kappa shape index (κ3) is 4.16. The van der Waals surface area contributed by atoms with Gasteiger partial charge in [-0.3, -0.25) is 0 Å². The Kier molecular flexibility index (Phi) is 4.26. The first-order valence-electron chi connectivity index (χ1n) is 5.39. The van der Waals surface area contributed by atoms with Crippen LogP contribution in [0.1, 0.15) is 26.7 Å². The summed E-state index contributed by atoms with van der Waals surface area (Å²) in [5.41, 5.74) is -0.787. The molecule has 6 nitrogen and oxygen atoms in total. The minimum atomic E-state index is -0.787. The van der Waals surface area contributed by atoms with E-state index in [1.54, 1.807) is 18.7 Å². The lowest BCUT2D eigenvalue weighted by Crippen LogP contribution is -2.36. The van der Waals surface area contributed by atoms with E-state index in [0.29, 0.717) is 25.0 Å². The van der Waals surface area contributed by atoms with Crippen LogP contribution < -0.4 is 10.2 Å². The maximum Gasteiger partial charge on any atom is 0.318 e. The van der Waals surface area contributed by atoms with Gasteiger partial charge in [-0.2, -0.15) is 0 Å². The van der Waals surface area contributed by atoms with Gasteiger partial charge in [0.15, 0.2) is 0 Å². The highest BCUT2D eigenvalue weighted by molar-refractivity contribution is 5.22. The van der Waals surface area contributed by atoms with Gasteiger partial charge < -0.3 is 19.7 Å². The van der Waals surface area contributed by atoms with Crippen LogP contribution in [0.2, 0.25) is 0 Å². The molecular weight excluding hydrogens is 208 g/mol. The molecule has 0 aliphatic heterocycles. The Balaban J connectivity index is 2.56. The van der Waals surface area contributed by atoms with Crippen molar-refractivity contribution in [3.05, 3.63) is 5.89 Å². The Morgan fingerprint density at radius 1 is 1.44 bits per heavy atom. The van der Waals surface area contributed by atoms with E-state index in [1.807, 2.05) is 14.0 Å². The van der Waals surface area contributed by atoms with Crippen LogP contribution in [0.4, 0.5) is 6.01 Å². The van der Waals surface area contributed by atoms with Gasteiger partial charge >= 0.3 is 6.01 Å². The molecule has 0 bridgehead atoms. The van der Waals surface area contributed by atoms with Gasteiger partial charge in [-0.25, -0.2) is 0 Å². The summed E-state index contributed by atoms with van der Waals surface area (Å²) in [5, 5.41) is 20.6. The average molecular weight is 228 g/mol. The highest BCUT2D eigenvalue weighted by Gasteiger charge is 2.19. The number of hydrogen-bond acceptors (Lipinski definition) is 6. The molecule has 1 aromatic rings. The number of aliphatic hydroxyl groups is 1. The van der Waals surface area contributed by atoms with E-state index < -0.39 is 5.60 Å². The first-order valence-corrected chi connectivity index (χ1v) is 5.39. The Bertz CT molecular complexity index is 319. The molecule has 0 atom stereocenters. The van der Waals surface area contributed by atoms with E-state index in [2.05, 4.69) is 15.5 Å². The van der Waals surface area contributed by atoms with E-state index in [9.17, 15) is 5.11 Å². The van der Waals surface area contributed by atoms with Crippen molar-refractivity contribution < 1.29 is 9.52 Å². The van der Waals surface area contributed by atoms with Gasteiger partial charge in [-0.05, 0) is 20.4 Å². The summed E-state index contributed by atoms with van der Waals surface area (Å²) in [4.78, 5) is 1.74. The fourth-order valence-corrected chi connectivity index (χ4v) is 1.35. The minimum Gasteiger partial charge on any atom is -0.407 e. The van der Waals surface area contributed by atoms with E-state index in [4.69, 9.17) is 4.42 Å². The second-order valence-corrected chi connectivity index (χ2v) is 4.43. The fourth-order valence-electron chi connectivity index (χ4n) is 1.35. The fraction of sp³-hybridized carbons (Fsp3) is 0.800. The second-order valence-electron chi connectivity index (χ2n) is 4.43. The van der Waals surface area contributed by atoms with Crippen LogP contribution in [0.25, 0.3) is 0 Å². The summed E-state index contributed by atoms with van der Waals surface area (Å²) in [6.45, 7) is 7.35. The molecule has 0 aliphatic carbocycles. The number of aromatic nitrogens is 2. The lowest BCUT2D eigenvalue weighted by molar-refractivity contribution is 0.0874. The monoisotopic (exact) mass is 228 g/mol. The molecule has 1 rings (SSSR count). The van der Waals surface area contributed by atoms with Crippen LogP contribution in [-0.4, -0.2) is 41.0 Å². The summed E-state index contributed by atoms with van der Waals surface area (Å²) < 4.78 is 5.42. The van der Waals surface area contributed by atoms with Crippen LogP contribution in [0.15, 0.2) is 4.42 Å². The highest BCUT2D eigenvalue weighted by atomic mass is 16.4. The number of anilines is 1. The largest absolute Gasteiger partial charge is 0.407 e. The van der Waals surface area contributed by atoms with Gasteiger partial charge in [0.25, 0.3) is 0 Å². The van der Waals surface area contributed by atoms with E-state index in [0.717, 1.165) is 6.54 Å². The molecule has 0 fully saturated rings. The molecule has 0 aliphatic rings. The molecule has 0 saturated heterocycles. The van der Waals surface area contributed by atoms with Gasteiger partial charge in [0.1, 0.15) is 0 Å². The summed E-state index contributed by atoms with van der Waals surface area (Å²) in [7, 11) is 1.81. The third-order valence-electron chi connectivity index (χ3n) is 1.93. The first-order chi connectivity index (χ1) is 7.42. The maximum absolute atomic E-state index is 9.65. The van der Waals surface area contributed by atoms with Crippen molar-refractivity contribution in [2.24, 2.45) is 0 Å². The second kappa shape index (κ2) is 5.27. The number of nitrogens with zero attached hydrogens (tertiary/aromatic N) is 3. The molecule has 0 aromatic carbocycles. The van der Waals surface area contributed by atoms with Crippen molar-refractivity contribution >= 4 is 6.01 Å². The molecule has 0 radical (unpaired) electrons. The van der Waals surface area contributed by atoms with Crippen molar-refractivity contribution in [3.63, 3.8) is 0 Å². The van der Waals surface area contributed by atoms with Gasteiger partial charge in [0.05, 0.1) is 18.7 Å². The normalized spacial score (nSPS) is 11.8. The van der Waals surface area contributed by atoms with Gasteiger partial charge in [-0.1, -0.05) is 12.0 Å². The number of nitrogens with one attached hydrogen (secondary N) is 1. The third-order valence-corrected chi connectivity index (χ3v) is 1.93. The zero-order valence-electron chi connectivity index (χ0n) is 10.3. The van der Waals surface area contributed by atoms with Gasteiger partial charge in [0.2, 0.25) is 5.89 Å². The van der Waals surface area contributed by atoms with E-state index in [1.165, 1.54) is 0 Å². The topological polar surface area (TPSA) is 74.4 Å². The SMILES string of the molecule is CCNCc1nnc(N(C)CC(C)(C)O)o1. The van der Waals surface area contributed by atoms with Crippen molar-refractivity contribution in [1.82, 2.24) is 15.5 Å². The molecule has 0 saturated carbocycles. The smallest absolute Gasteiger partial charge is 0.318 e. The number of hydrogen-bond donors (Lipinski definition) is 2. The van der Waals surface area contributed by atoms with Crippen LogP contribution in [0.5, 0.6) is 0 Å². The zero-order valence-corrected chi connectivity index (χ0v) is 10.3. The van der Waals surface area contributed by atoms with Crippen LogP contribution in [0, 0.1) is 0 Å². The lowest BCUT2D eigenvalue weighted by atomic mass is 10.1. The molecule has 0 amide bonds. The molecule has 92 valence electrons. The first kappa shape index (κ1) is 12.9. The predicted octanol–water partition coefficient (Wildman–Crippen LogP) is 0.386. The highest BCUT2D eigenvalue weighted by Crippen LogP contribution is 2.13. The molecular formula is C10H20N4O2. The minimum absolute atomic E-state index is 0.426. The van der Waals surface area contributed by atoms with Crippen molar-refractivity contribution in [3.8, 4) is 0 Å². The van der Waals surface area contributed by atoms with Gasteiger partial charge in [0, 0.05) is 7.05 Å². The molecule has 1 aromatic heterocycles. The Labute approximate surface area is 95.7 Å².